The summed E-state index contributed by atoms with van der Waals surface area (Å²) in [4.78, 5) is 25.7. The SMILES string of the molecule is O=C(COc1ncnc2ccccc12)N1CCCC[C@@H]1CN1CCOCC1. The first-order chi connectivity index (χ1) is 13.3. The van der Waals surface area contributed by atoms with Crippen LogP contribution in [0.2, 0.25) is 0 Å². The van der Waals surface area contributed by atoms with E-state index in [1.54, 1.807) is 0 Å². The van der Waals surface area contributed by atoms with Gasteiger partial charge in [0.15, 0.2) is 6.61 Å². The maximum Gasteiger partial charge on any atom is 0.260 e. The molecule has 1 amide bonds. The highest BCUT2D eigenvalue weighted by atomic mass is 16.5. The summed E-state index contributed by atoms with van der Waals surface area (Å²) in [7, 11) is 0. The molecule has 27 heavy (non-hydrogen) atoms. The van der Waals surface area contributed by atoms with E-state index in [-0.39, 0.29) is 18.6 Å². The fourth-order valence-corrected chi connectivity index (χ4v) is 3.91. The highest BCUT2D eigenvalue weighted by Crippen LogP contribution is 2.22. The zero-order valence-corrected chi connectivity index (χ0v) is 15.5. The molecule has 0 unspecified atom stereocenters. The quantitative estimate of drug-likeness (QED) is 0.798. The topological polar surface area (TPSA) is 67.8 Å². The molecule has 0 saturated carbocycles. The van der Waals surface area contributed by atoms with E-state index in [2.05, 4.69) is 14.9 Å². The van der Waals surface area contributed by atoms with Crippen LogP contribution in [-0.2, 0) is 9.53 Å². The average Bonchev–Trinajstić information content (AvgIpc) is 2.73. The van der Waals surface area contributed by atoms with Crippen molar-refractivity contribution in [3.05, 3.63) is 30.6 Å². The van der Waals surface area contributed by atoms with Crippen LogP contribution in [0.4, 0.5) is 0 Å². The van der Waals surface area contributed by atoms with Crippen molar-refractivity contribution in [2.75, 3.05) is 46.0 Å². The molecule has 1 atom stereocenters. The van der Waals surface area contributed by atoms with Gasteiger partial charge in [-0.1, -0.05) is 12.1 Å². The molecule has 0 spiro atoms. The summed E-state index contributed by atoms with van der Waals surface area (Å²) in [5.74, 6) is 0.506. The van der Waals surface area contributed by atoms with Crippen molar-refractivity contribution >= 4 is 16.8 Å². The second-order valence-electron chi connectivity index (χ2n) is 7.13. The summed E-state index contributed by atoms with van der Waals surface area (Å²) >= 11 is 0. The number of benzene rings is 1. The van der Waals surface area contributed by atoms with Crippen molar-refractivity contribution in [3.63, 3.8) is 0 Å². The number of likely N-dealkylation sites (tertiary alicyclic amines) is 1. The first-order valence-corrected chi connectivity index (χ1v) is 9.73. The fourth-order valence-electron chi connectivity index (χ4n) is 3.91. The van der Waals surface area contributed by atoms with Crippen molar-refractivity contribution in [1.29, 1.82) is 0 Å². The molecular weight excluding hydrogens is 344 g/mol. The van der Waals surface area contributed by atoms with Gasteiger partial charge in [-0.2, -0.15) is 0 Å². The monoisotopic (exact) mass is 370 g/mol. The largest absolute Gasteiger partial charge is 0.467 e. The van der Waals surface area contributed by atoms with E-state index in [0.29, 0.717) is 5.88 Å². The smallest absolute Gasteiger partial charge is 0.260 e. The zero-order chi connectivity index (χ0) is 18.5. The minimum absolute atomic E-state index is 0.0145. The van der Waals surface area contributed by atoms with Gasteiger partial charge in [-0.25, -0.2) is 9.97 Å². The van der Waals surface area contributed by atoms with Gasteiger partial charge in [0.05, 0.1) is 24.1 Å². The molecule has 2 aliphatic heterocycles. The Balaban J connectivity index is 1.39. The van der Waals surface area contributed by atoms with Crippen LogP contribution in [0.3, 0.4) is 0 Å². The predicted molar refractivity (Wildman–Crippen MR) is 102 cm³/mol. The summed E-state index contributed by atoms with van der Waals surface area (Å²) < 4.78 is 11.2. The number of amides is 1. The molecule has 2 saturated heterocycles. The summed E-state index contributed by atoms with van der Waals surface area (Å²) in [6.07, 6.45) is 4.77. The van der Waals surface area contributed by atoms with Crippen LogP contribution in [-0.4, -0.2) is 77.7 Å². The third-order valence-corrected chi connectivity index (χ3v) is 5.36. The standard InChI is InChI=1S/C20H26N4O3/c25-19(14-27-20-17-6-1-2-7-18(17)21-15-22-20)24-8-4-3-5-16(24)13-23-9-11-26-12-10-23/h1-2,6-7,15-16H,3-5,8-14H2/t16-/m1/s1. The van der Waals surface area contributed by atoms with Gasteiger partial charge in [0.25, 0.3) is 5.91 Å². The van der Waals surface area contributed by atoms with Crippen molar-refractivity contribution in [3.8, 4) is 5.88 Å². The lowest BCUT2D eigenvalue weighted by Gasteiger charge is -2.39. The molecule has 2 aliphatic rings. The van der Waals surface area contributed by atoms with E-state index in [0.717, 1.165) is 63.1 Å². The average molecular weight is 370 g/mol. The Morgan fingerprint density at radius 1 is 1.15 bits per heavy atom. The molecule has 1 aromatic heterocycles. The van der Waals surface area contributed by atoms with Gasteiger partial charge in [-0.3, -0.25) is 9.69 Å². The van der Waals surface area contributed by atoms with Crippen LogP contribution >= 0.6 is 0 Å². The molecule has 2 aromatic rings. The van der Waals surface area contributed by atoms with Gasteiger partial charge in [0.2, 0.25) is 5.88 Å². The highest BCUT2D eigenvalue weighted by Gasteiger charge is 2.29. The van der Waals surface area contributed by atoms with Crippen LogP contribution in [0.5, 0.6) is 5.88 Å². The molecular formula is C20H26N4O3. The maximum absolute atomic E-state index is 12.9. The Labute approximate surface area is 159 Å². The molecule has 7 nitrogen and oxygen atoms in total. The Morgan fingerprint density at radius 2 is 2.00 bits per heavy atom. The molecule has 0 radical (unpaired) electrons. The van der Waals surface area contributed by atoms with Gasteiger partial charge < -0.3 is 14.4 Å². The molecule has 3 heterocycles. The van der Waals surface area contributed by atoms with E-state index in [4.69, 9.17) is 9.47 Å². The van der Waals surface area contributed by atoms with E-state index in [9.17, 15) is 4.79 Å². The number of morpholine rings is 1. The van der Waals surface area contributed by atoms with Crippen LogP contribution < -0.4 is 4.74 Å². The summed E-state index contributed by atoms with van der Waals surface area (Å²) in [5, 5.41) is 0.830. The normalized spacial score (nSPS) is 21.3. The van der Waals surface area contributed by atoms with Gasteiger partial charge >= 0.3 is 0 Å². The van der Waals surface area contributed by atoms with Crippen molar-refractivity contribution < 1.29 is 14.3 Å². The molecule has 4 rings (SSSR count). The number of nitrogens with zero attached hydrogens (tertiary/aromatic N) is 4. The molecule has 1 aromatic carbocycles. The summed E-state index contributed by atoms with van der Waals surface area (Å²) in [6.45, 7) is 5.20. The lowest BCUT2D eigenvalue weighted by molar-refractivity contribution is -0.137. The van der Waals surface area contributed by atoms with Gasteiger partial charge in [-0.05, 0) is 31.4 Å². The minimum atomic E-state index is 0.0145. The van der Waals surface area contributed by atoms with Crippen molar-refractivity contribution in [1.82, 2.24) is 19.8 Å². The highest BCUT2D eigenvalue weighted by molar-refractivity contribution is 5.84. The van der Waals surface area contributed by atoms with Crippen LogP contribution in [0.1, 0.15) is 19.3 Å². The van der Waals surface area contributed by atoms with E-state index >= 15 is 0 Å². The number of ether oxygens (including phenoxy) is 2. The third-order valence-electron chi connectivity index (χ3n) is 5.36. The van der Waals surface area contributed by atoms with Crippen LogP contribution in [0.25, 0.3) is 10.9 Å². The fraction of sp³-hybridized carbons (Fsp3) is 0.550. The first-order valence-electron chi connectivity index (χ1n) is 9.73. The Bertz CT molecular complexity index is 773. The Morgan fingerprint density at radius 3 is 2.89 bits per heavy atom. The first kappa shape index (κ1) is 18.1. The number of carbonyl (C=O) groups is 1. The molecule has 2 fully saturated rings. The molecule has 144 valence electrons. The number of carbonyl (C=O) groups excluding carboxylic acids is 1. The summed E-state index contributed by atoms with van der Waals surface area (Å²) in [6, 6.07) is 7.93. The number of para-hydroxylation sites is 1. The molecule has 0 N–H and O–H groups in total. The number of fused-ring (bicyclic) bond motifs is 1. The minimum Gasteiger partial charge on any atom is -0.467 e. The Kier molecular flexibility index (Phi) is 5.79. The Hall–Kier alpha value is -2.25. The van der Waals surface area contributed by atoms with E-state index in [1.165, 1.54) is 12.7 Å². The molecule has 7 heteroatoms. The van der Waals surface area contributed by atoms with Crippen molar-refractivity contribution in [2.45, 2.75) is 25.3 Å². The number of hydrogen-bond donors (Lipinski definition) is 0. The predicted octanol–water partition coefficient (Wildman–Crippen LogP) is 1.72. The molecule has 0 bridgehead atoms. The second-order valence-corrected chi connectivity index (χ2v) is 7.13. The number of piperidine rings is 1. The third kappa shape index (κ3) is 4.36. The second kappa shape index (κ2) is 8.63. The van der Waals surface area contributed by atoms with Gasteiger partial charge in [0, 0.05) is 32.2 Å². The zero-order valence-electron chi connectivity index (χ0n) is 15.5. The lowest BCUT2D eigenvalue weighted by atomic mass is 10.0. The number of hydrogen-bond acceptors (Lipinski definition) is 6. The van der Waals surface area contributed by atoms with Gasteiger partial charge in [0.1, 0.15) is 6.33 Å². The van der Waals surface area contributed by atoms with Crippen LogP contribution in [0.15, 0.2) is 30.6 Å². The van der Waals surface area contributed by atoms with Gasteiger partial charge in [-0.15, -0.1) is 0 Å². The van der Waals surface area contributed by atoms with E-state index < -0.39 is 0 Å². The summed E-state index contributed by atoms with van der Waals surface area (Å²) in [5.41, 5.74) is 0.818. The van der Waals surface area contributed by atoms with Crippen molar-refractivity contribution in [2.24, 2.45) is 0 Å². The maximum atomic E-state index is 12.9. The molecule has 0 aliphatic carbocycles. The number of aromatic nitrogens is 2. The lowest BCUT2D eigenvalue weighted by Crippen LogP contribution is -2.52. The van der Waals surface area contributed by atoms with E-state index in [1.807, 2.05) is 29.2 Å². The van der Waals surface area contributed by atoms with Crippen LogP contribution in [0, 0.1) is 0 Å². The number of rotatable bonds is 5.